The van der Waals surface area contributed by atoms with Crippen LogP contribution < -0.4 is 5.32 Å². The molecule has 37 heavy (non-hydrogen) atoms. The molecular formula is C34H53NO2. The fraction of sp³-hybridized carbons (Fsp3) is 0.706. The van der Waals surface area contributed by atoms with Crippen molar-refractivity contribution in [3.8, 4) is 0 Å². The standard InChI is InChI=1S/C34H53NO2/c1-6-34(7-2,8-3)24-37-31-18-14-28(15-19-31)25(4)35-26(5)32-22-33(32)29-16-20-30(21-17-29)36-23-27-12-10-9-11-13-27/h9-12,16-18,20,25-28,30,32-33,35H,6-8,13-15,19,21-24H2,1-5H3. The quantitative estimate of drug-likeness (QED) is 0.256. The molecule has 7 atom stereocenters. The molecule has 1 saturated carbocycles. The lowest BCUT2D eigenvalue weighted by molar-refractivity contribution is 0.0684. The van der Waals surface area contributed by atoms with E-state index in [1.807, 2.05) is 0 Å². The van der Waals surface area contributed by atoms with Crippen LogP contribution in [-0.2, 0) is 9.47 Å². The first-order chi connectivity index (χ1) is 18.0. The van der Waals surface area contributed by atoms with Crippen molar-refractivity contribution in [2.24, 2.45) is 29.1 Å². The van der Waals surface area contributed by atoms with Crippen LogP contribution >= 0.6 is 0 Å². The highest BCUT2D eigenvalue weighted by atomic mass is 16.5. The van der Waals surface area contributed by atoms with Gasteiger partial charge >= 0.3 is 0 Å². The molecule has 0 radical (unpaired) electrons. The summed E-state index contributed by atoms with van der Waals surface area (Å²) in [6.45, 7) is 13.4. The third kappa shape index (κ3) is 7.73. The minimum atomic E-state index is 0.242. The molecule has 7 unspecified atom stereocenters. The molecule has 206 valence electrons. The van der Waals surface area contributed by atoms with Crippen LogP contribution in [-0.4, -0.2) is 31.4 Å². The first-order valence-electron chi connectivity index (χ1n) is 15.4. The molecule has 4 aliphatic carbocycles. The second-order valence-electron chi connectivity index (χ2n) is 12.3. The maximum absolute atomic E-state index is 6.33. The van der Waals surface area contributed by atoms with Crippen LogP contribution in [0.15, 0.2) is 59.9 Å². The molecule has 0 aliphatic heterocycles. The van der Waals surface area contributed by atoms with Crippen molar-refractivity contribution in [3.63, 3.8) is 0 Å². The van der Waals surface area contributed by atoms with Gasteiger partial charge in [0.25, 0.3) is 0 Å². The van der Waals surface area contributed by atoms with Crippen LogP contribution in [0.2, 0.25) is 0 Å². The van der Waals surface area contributed by atoms with Crippen molar-refractivity contribution in [1.29, 1.82) is 0 Å². The van der Waals surface area contributed by atoms with E-state index in [0.29, 0.717) is 29.3 Å². The molecule has 3 heteroatoms. The number of hydrogen-bond acceptors (Lipinski definition) is 3. The molecule has 0 bridgehead atoms. The van der Waals surface area contributed by atoms with Gasteiger partial charge in [0.15, 0.2) is 0 Å². The minimum absolute atomic E-state index is 0.242. The molecular weight excluding hydrogens is 454 g/mol. The van der Waals surface area contributed by atoms with Gasteiger partial charge in [-0.1, -0.05) is 63.3 Å². The Morgan fingerprint density at radius 2 is 1.78 bits per heavy atom. The fourth-order valence-electron chi connectivity index (χ4n) is 6.56. The maximum Gasteiger partial charge on any atom is 0.0933 e. The smallest absolute Gasteiger partial charge is 0.0933 e. The molecule has 0 aromatic rings. The van der Waals surface area contributed by atoms with Gasteiger partial charge in [0.1, 0.15) is 0 Å². The molecule has 0 aromatic carbocycles. The van der Waals surface area contributed by atoms with E-state index < -0.39 is 0 Å². The Morgan fingerprint density at radius 3 is 2.41 bits per heavy atom. The lowest BCUT2D eigenvalue weighted by atomic mass is 9.80. The molecule has 1 fully saturated rings. The minimum Gasteiger partial charge on any atom is -0.498 e. The molecule has 0 saturated heterocycles. The lowest BCUT2D eigenvalue weighted by Crippen LogP contribution is -2.41. The van der Waals surface area contributed by atoms with E-state index in [0.717, 1.165) is 50.7 Å². The van der Waals surface area contributed by atoms with Crippen molar-refractivity contribution in [1.82, 2.24) is 5.32 Å². The zero-order chi connectivity index (χ0) is 26.3. The van der Waals surface area contributed by atoms with Gasteiger partial charge in [-0.3, -0.25) is 0 Å². The van der Waals surface area contributed by atoms with E-state index in [2.05, 4.69) is 88.5 Å². The van der Waals surface area contributed by atoms with Gasteiger partial charge in [-0.15, -0.1) is 0 Å². The van der Waals surface area contributed by atoms with Crippen LogP contribution in [0.4, 0.5) is 0 Å². The molecule has 0 aromatic heterocycles. The summed E-state index contributed by atoms with van der Waals surface area (Å²) in [4.78, 5) is 0. The van der Waals surface area contributed by atoms with Gasteiger partial charge in [-0.25, -0.2) is 0 Å². The highest BCUT2D eigenvalue weighted by molar-refractivity contribution is 5.32. The Kier molecular flexibility index (Phi) is 10.4. The number of ether oxygens (including phenoxy) is 2. The Labute approximate surface area is 227 Å². The van der Waals surface area contributed by atoms with Crippen LogP contribution in [0, 0.1) is 29.1 Å². The Balaban J connectivity index is 1.15. The number of hydrogen-bond donors (Lipinski definition) is 1. The van der Waals surface area contributed by atoms with E-state index in [-0.39, 0.29) is 6.10 Å². The zero-order valence-electron chi connectivity index (χ0n) is 24.3. The Hall–Kier alpha value is -1.58. The molecule has 4 rings (SSSR count). The van der Waals surface area contributed by atoms with Crippen LogP contribution in [0.1, 0.15) is 92.4 Å². The largest absolute Gasteiger partial charge is 0.498 e. The summed E-state index contributed by atoms with van der Waals surface area (Å²) < 4.78 is 12.5. The fourth-order valence-corrected chi connectivity index (χ4v) is 6.56. The SMILES string of the molecule is CCC(CC)(CC)COC1=CCC(C(C)NC(C)C2CC2C2=CCC(OCC3C=CC=CC3)C=C2)CC1. The van der Waals surface area contributed by atoms with E-state index in [1.165, 1.54) is 43.4 Å². The number of nitrogens with one attached hydrogen (secondary N) is 1. The predicted octanol–water partition coefficient (Wildman–Crippen LogP) is 8.31. The van der Waals surface area contributed by atoms with Gasteiger partial charge in [-0.2, -0.15) is 0 Å². The summed E-state index contributed by atoms with van der Waals surface area (Å²) in [5, 5.41) is 3.99. The summed E-state index contributed by atoms with van der Waals surface area (Å²) >= 11 is 0. The third-order valence-electron chi connectivity index (χ3n) is 10.0. The topological polar surface area (TPSA) is 30.5 Å². The van der Waals surface area contributed by atoms with Gasteiger partial charge < -0.3 is 14.8 Å². The maximum atomic E-state index is 6.33. The second kappa shape index (κ2) is 13.5. The summed E-state index contributed by atoms with van der Waals surface area (Å²) in [6.07, 6.45) is 29.0. The normalized spacial score (nSPS) is 31.0. The van der Waals surface area contributed by atoms with Crippen LogP contribution in [0.5, 0.6) is 0 Å². The van der Waals surface area contributed by atoms with Gasteiger partial charge in [0.05, 0.1) is 25.1 Å². The van der Waals surface area contributed by atoms with E-state index in [1.54, 1.807) is 0 Å². The highest BCUT2D eigenvalue weighted by Crippen LogP contribution is 2.48. The second-order valence-corrected chi connectivity index (χ2v) is 12.3. The highest BCUT2D eigenvalue weighted by Gasteiger charge is 2.43. The molecule has 1 N–H and O–H groups in total. The summed E-state index contributed by atoms with van der Waals surface area (Å²) in [6, 6.07) is 1.11. The van der Waals surface area contributed by atoms with E-state index >= 15 is 0 Å². The van der Waals surface area contributed by atoms with Crippen LogP contribution in [0.25, 0.3) is 0 Å². The van der Waals surface area contributed by atoms with E-state index in [9.17, 15) is 0 Å². The third-order valence-corrected chi connectivity index (χ3v) is 10.0. The molecule has 4 aliphatic rings. The Bertz CT molecular complexity index is 868. The average molecular weight is 508 g/mol. The van der Waals surface area contributed by atoms with Crippen molar-refractivity contribution in [2.45, 2.75) is 111 Å². The van der Waals surface area contributed by atoms with Crippen molar-refractivity contribution < 1.29 is 9.47 Å². The van der Waals surface area contributed by atoms with Crippen molar-refractivity contribution in [2.75, 3.05) is 13.2 Å². The molecule has 0 amide bonds. The zero-order valence-corrected chi connectivity index (χ0v) is 24.3. The molecule has 0 spiro atoms. The first kappa shape index (κ1) is 28.4. The first-order valence-corrected chi connectivity index (χ1v) is 15.4. The summed E-state index contributed by atoms with van der Waals surface area (Å²) in [7, 11) is 0. The predicted molar refractivity (Wildman–Crippen MR) is 156 cm³/mol. The van der Waals surface area contributed by atoms with Gasteiger partial charge in [0, 0.05) is 29.8 Å². The van der Waals surface area contributed by atoms with Crippen molar-refractivity contribution >= 4 is 0 Å². The average Bonchev–Trinajstić information content (AvgIpc) is 3.75. The summed E-state index contributed by atoms with van der Waals surface area (Å²) in [5.74, 6) is 3.97. The molecule has 0 heterocycles. The summed E-state index contributed by atoms with van der Waals surface area (Å²) in [5.41, 5.74) is 1.89. The Morgan fingerprint density at radius 1 is 0.973 bits per heavy atom. The lowest BCUT2D eigenvalue weighted by Gasteiger charge is -2.33. The van der Waals surface area contributed by atoms with Gasteiger partial charge in [0.2, 0.25) is 0 Å². The van der Waals surface area contributed by atoms with Crippen molar-refractivity contribution in [3.05, 3.63) is 59.9 Å². The van der Waals surface area contributed by atoms with Gasteiger partial charge in [-0.05, 0) is 94.6 Å². The van der Waals surface area contributed by atoms with Crippen LogP contribution in [0.3, 0.4) is 0 Å². The number of rotatable bonds is 14. The number of allylic oxidation sites excluding steroid dienone is 7. The molecule has 3 nitrogen and oxygen atoms in total. The monoisotopic (exact) mass is 507 g/mol. The van der Waals surface area contributed by atoms with E-state index in [4.69, 9.17) is 9.47 Å².